The number of carboxylic acids is 1. The fraction of sp³-hybridized carbons (Fsp3) is 0.583. The molecule has 1 fully saturated rings. The van der Waals surface area contributed by atoms with Gasteiger partial charge in [-0.2, -0.15) is 0 Å². The highest BCUT2D eigenvalue weighted by Gasteiger charge is 2.34. The highest BCUT2D eigenvalue weighted by atomic mass is 16.5. The van der Waals surface area contributed by atoms with Crippen LogP contribution in [0.2, 0.25) is 0 Å². The van der Waals surface area contributed by atoms with Crippen LogP contribution in [0.5, 0.6) is 0 Å². The molecule has 0 spiro atoms. The van der Waals surface area contributed by atoms with E-state index in [9.17, 15) is 9.59 Å². The van der Waals surface area contributed by atoms with Crippen molar-refractivity contribution in [3.63, 3.8) is 0 Å². The van der Waals surface area contributed by atoms with Crippen LogP contribution >= 0.6 is 0 Å². The molecular weight excluding hydrogens is 250 g/mol. The Hall–Kier alpha value is -1.89. The van der Waals surface area contributed by atoms with Gasteiger partial charge in [0.25, 0.3) is 0 Å². The maximum Gasteiger partial charge on any atom is 0.332 e. The average molecular weight is 267 g/mol. The fourth-order valence-electron chi connectivity index (χ4n) is 2.03. The summed E-state index contributed by atoms with van der Waals surface area (Å²) in [5.41, 5.74) is 0. The first kappa shape index (κ1) is 13.5. The maximum absolute atomic E-state index is 11.7. The van der Waals surface area contributed by atoms with Crippen molar-refractivity contribution in [1.29, 1.82) is 0 Å². The summed E-state index contributed by atoms with van der Waals surface area (Å²) in [6.45, 7) is 0.525. The quantitative estimate of drug-likeness (QED) is 0.634. The first-order valence-electron chi connectivity index (χ1n) is 6.31. The maximum atomic E-state index is 11.7. The van der Waals surface area contributed by atoms with Gasteiger partial charge in [-0.15, -0.1) is 0 Å². The van der Waals surface area contributed by atoms with Crippen molar-refractivity contribution in [2.45, 2.75) is 37.9 Å². The third kappa shape index (κ3) is 3.78. The van der Waals surface area contributed by atoms with E-state index in [-0.39, 0.29) is 5.91 Å². The van der Waals surface area contributed by atoms with Gasteiger partial charge in [-0.25, -0.2) is 9.78 Å². The van der Waals surface area contributed by atoms with E-state index >= 15 is 0 Å². The number of aromatic nitrogens is 2. The molecule has 2 atom stereocenters. The summed E-state index contributed by atoms with van der Waals surface area (Å²) in [6.07, 6.45) is 4.34. The Bertz CT molecular complexity index is 432. The number of H-pyrrole nitrogens is 1. The number of hydrogen-bond acceptors (Lipinski definition) is 4. The Morgan fingerprint density at radius 3 is 2.89 bits per heavy atom. The molecule has 1 amide bonds. The number of nitrogens with zero attached hydrogens (tertiary/aromatic N) is 1. The number of carbonyl (C=O) groups excluding carboxylic acids is 1. The minimum absolute atomic E-state index is 0.233. The molecular formula is C12H17N3O4. The number of amides is 1. The Morgan fingerprint density at radius 1 is 1.47 bits per heavy atom. The Kier molecular flexibility index (Phi) is 4.51. The lowest BCUT2D eigenvalue weighted by molar-refractivity contribution is -0.151. The second kappa shape index (κ2) is 6.33. The van der Waals surface area contributed by atoms with Crippen LogP contribution in [0.4, 0.5) is 0 Å². The van der Waals surface area contributed by atoms with E-state index in [1.807, 2.05) is 0 Å². The van der Waals surface area contributed by atoms with E-state index in [0.717, 1.165) is 18.7 Å². The van der Waals surface area contributed by atoms with Crippen LogP contribution in [0.1, 0.15) is 25.1 Å². The molecule has 0 aliphatic carbocycles. The minimum atomic E-state index is -1.01. The van der Waals surface area contributed by atoms with Crippen LogP contribution in [0, 0.1) is 0 Å². The predicted octanol–water partition coefficient (Wildman–Crippen LogP) is 0.0907. The number of carboxylic acid groups (broad SMARTS) is 1. The van der Waals surface area contributed by atoms with Crippen molar-refractivity contribution in [3.05, 3.63) is 18.2 Å². The average Bonchev–Trinajstić information content (AvgIpc) is 3.05. The van der Waals surface area contributed by atoms with E-state index in [1.165, 1.54) is 0 Å². The molecule has 3 N–H and O–H groups in total. The number of nitrogens with one attached hydrogen (secondary N) is 2. The summed E-state index contributed by atoms with van der Waals surface area (Å²) < 4.78 is 5.16. The van der Waals surface area contributed by atoms with Gasteiger partial charge in [0.1, 0.15) is 11.9 Å². The summed E-state index contributed by atoms with van der Waals surface area (Å²) in [5.74, 6) is -0.353. The molecule has 0 unspecified atom stereocenters. The van der Waals surface area contributed by atoms with Gasteiger partial charge in [-0.05, 0) is 19.3 Å². The number of aromatic amines is 1. The van der Waals surface area contributed by atoms with Gasteiger partial charge in [0, 0.05) is 25.4 Å². The molecule has 1 aliphatic rings. The van der Waals surface area contributed by atoms with Gasteiger partial charge < -0.3 is 20.1 Å². The zero-order valence-electron chi connectivity index (χ0n) is 10.5. The molecule has 0 aromatic carbocycles. The number of aryl methyl sites for hydroxylation is 1. The number of carbonyl (C=O) groups is 2. The smallest absolute Gasteiger partial charge is 0.332 e. The van der Waals surface area contributed by atoms with E-state index in [4.69, 9.17) is 9.84 Å². The van der Waals surface area contributed by atoms with Crippen molar-refractivity contribution in [3.8, 4) is 0 Å². The minimum Gasteiger partial charge on any atom is -0.479 e. The largest absolute Gasteiger partial charge is 0.479 e. The first-order valence-corrected chi connectivity index (χ1v) is 6.31. The fourth-order valence-corrected chi connectivity index (χ4v) is 2.03. The lowest BCUT2D eigenvalue weighted by atomic mass is 10.2. The van der Waals surface area contributed by atoms with Crippen LogP contribution in [-0.4, -0.2) is 45.7 Å². The van der Waals surface area contributed by atoms with Crippen LogP contribution in [-0.2, 0) is 20.7 Å². The van der Waals surface area contributed by atoms with Crippen LogP contribution in [0.25, 0.3) is 0 Å². The molecule has 7 heteroatoms. The SMILES string of the molecule is O=C(NCCCc1ncc[nH]1)[C@@H]1CC[C@H](C(=O)O)O1. The number of imidazole rings is 1. The molecule has 2 heterocycles. The molecule has 2 rings (SSSR count). The van der Waals surface area contributed by atoms with Crippen LogP contribution in [0.3, 0.4) is 0 Å². The van der Waals surface area contributed by atoms with E-state index in [1.54, 1.807) is 12.4 Å². The molecule has 1 saturated heterocycles. The summed E-state index contributed by atoms with van der Waals surface area (Å²) in [4.78, 5) is 29.5. The molecule has 19 heavy (non-hydrogen) atoms. The van der Waals surface area contributed by atoms with Gasteiger partial charge in [0.2, 0.25) is 5.91 Å². The Labute approximate surface area is 110 Å². The van der Waals surface area contributed by atoms with Gasteiger partial charge in [-0.1, -0.05) is 0 Å². The van der Waals surface area contributed by atoms with Gasteiger partial charge in [0.05, 0.1) is 0 Å². The van der Waals surface area contributed by atoms with E-state index in [0.29, 0.717) is 19.4 Å². The zero-order valence-corrected chi connectivity index (χ0v) is 10.5. The highest BCUT2D eigenvalue weighted by molar-refractivity contribution is 5.82. The molecule has 7 nitrogen and oxygen atoms in total. The number of hydrogen-bond donors (Lipinski definition) is 3. The third-order valence-electron chi connectivity index (χ3n) is 3.03. The second-order valence-electron chi connectivity index (χ2n) is 4.46. The summed E-state index contributed by atoms with van der Waals surface area (Å²) >= 11 is 0. The lowest BCUT2D eigenvalue weighted by Crippen LogP contribution is -2.36. The Balaban J connectivity index is 1.63. The molecule has 0 radical (unpaired) electrons. The lowest BCUT2D eigenvalue weighted by Gasteiger charge is -2.11. The molecule has 104 valence electrons. The summed E-state index contributed by atoms with van der Waals surface area (Å²) in [7, 11) is 0. The molecule has 1 aliphatic heterocycles. The van der Waals surface area contributed by atoms with Crippen molar-refractivity contribution in [2.24, 2.45) is 0 Å². The number of rotatable bonds is 6. The monoisotopic (exact) mass is 267 g/mol. The van der Waals surface area contributed by atoms with Crippen molar-refractivity contribution in [1.82, 2.24) is 15.3 Å². The normalized spacial score (nSPS) is 22.3. The van der Waals surface area contributed by atoms with E-state index in [2.05, 4.69) is 15.3 Å². The first-order chi connectivity index (χ1) is 9.16. The van der Waals surface area contributed by atoms with Crippen molar-refractivity contribution < 1.29 is 19.4 Å². The topological polar surface area (TPSA) is 104 Å². The predicted molar refractivity (Wildman–Crippen MR) is 65.4 cm³/mol. The van der Waals surface area contributed by atoms with Crippen molar-refractivity contribution in [2.75, 3.05) is 6.54 Å². The number of ether oxygens (including phenoxy) is 1. The van der Waals surface area contributed by atoms with Gasteiger partial charge >= 0.3 is 5.97 Å². The summed E-state index contributed by atoms with van der Waals surface area (Å²) in [6, 6.07) is 0. The molecule has 1 aromatic heterocycles. The third-order valence-corrected chi connectivity index (χ3v) is 3.03. The molecule has 0 bridgehead atoms. The van der Waals surface area contributed by atoms with E-state index < -0.39 is 18.2 Å². The van der Waals surface area contributed by atoms with Crippen LogP contribution < -0.4 is 5.32 Å². The molecule has 0 saturated carbocycles. The van der Waals surface area contributed by atoms with Gasteiger partial charge in [-0.3, -0.25) is 4.79 Å². The van der Waals surface area contributed by atoms with Crippen LogP contribution in [0.15, 0.2) is 12.4 Å². The Morgan fingerprint density at radius 2 is 2.26 bits per heavy atom. The second-order valence-corrected chi connectivity index (χ2v) is 4.46. The number of aliphatic carboxylic acids is 1. The highest BCUT2D eigenvalue weighted by Crippen LogP contribution is 2.19. The standard InChI is InChI=1S/C12H17N3O4/c16-11(8-3-4-9(19-8)12(17)18)15-5-1-2-10-13-6-7-14-10/h6-9H,1-5H2,(H,13,14)(H,15,16)(H,17,18)/t8-,9+/m0/s1. The molecule has 1 aromatic rings. The van der Waals surface area contributed by atoms with Gasteiger partial charge in [0.15, 0.2) is 6.10 Å². The zero-order chi connectivity index (χ0) is 13.7. The van der Waals surface area contributed by atoms with Crippen molar-refractivity contribution >= 4 is 11.9 Å². The summed E-state index contributed by atoms with van der Waals surface area (Å²) in [5, 5.41) is 11.5.